The molecule has 0 fully saturated rings. The van der Waals surface area contributed by atoms with Crippen molar-refractivity contribution in [2.24, 2.45) is 10.2 Å². The van der Waals surface area contributed by atoms with Crippen molar-refractivity contribution >= 4 is 72.1 Å². The van der Waals surface area contributed by atoms with Crippen LogP contribution in [0.3, 0.4) is 0 Å². The molecule has 0 amide bonds. The summed E-state index contributed by atoms with van der Waals surface area (Å²) in [6.07, 6.45) is 2.80. The predicted molar refractivity (Wildman–Crippen MR) is 184 cm³/mol. The number of hydrogen-bond donors (Lipinski definition) is 3. The maximum atomic E-state index is 4.36. The summed E-state index contributed by atoms with van der Waals surface area (Å²) in [5.41, 5.74) is 14.0. The zero-order valence-electron chi connectivity index (χ0n) is 24.8. The van der Waals surface area contributed by atoms with E-state index < -0.39 is 0 Å². The van der Waals surface area contributed by atoms with Crippen molar-refractivity contribution in [1.82, 2.24) is 4.98 Å². The number of benzene rings is 5. The van der Waals surface area contributed by atoms with Gasteiger partial charge in [-0.05, 0) is 68.3 Å². The molecule has 0 aliphatic carbocycles. The van der Waals surface area contributed by atoms with E-state index in [0.717, 1.165) is 51.2 Å². The first-order chi connectivity index (χ1) is 21.0. The van der Waals surface area contributed by atoms with Crippen LogP contribution >= 0.6 is 11.3 Å². The van der Waals surface area contributed by atoms with Gasteiger partial charge in [-0.1, -0.05) is 55.5 Å². The summed E-state index contributed by atoms with van der Waals surface area (Å²) in [7, 11) is 2.15. The van der Waals surface area contributed by atoms with Gasteiger partial charge in [0.1, 0.15) is 0 Å². The molecule has 0 saturated heterocycles. The van der Waals surface area contributed by atoms with Crippen LogP contribution in [0.1, 0.15) is 25.8 Å². The van der Waals surface area contributed by atoms with Gasteiger partial charge in [0.05, 0.1) is 17.1 Å². The first-order valence-corrected chi connectivity index (χ1v) is 15.4. The number of hydrazine groups is 1. The lowest BCUT2D eigenvalue weighted by Gasteiger charge is -2.25. The van der Waals surface area contributed by atoms with Crippen molar-refractivity contribution in [2.75, 3.05) is 28.1 Å². The summed E-state index contributed by atoms with van der Waals surface area (Å²) >= 11 is 1.46. The molecule has 1 aromatic heterocycles. The van der Waals surface area contributed by atoms with Gasteiger partial charge < -0.3 is 21.1 Å². The van der Waals surface area contributed by atoms with E-state index in [0.29, 0.717) is 11.2 Å². The van der Waals surface area contributed by atoms with E-state index in [2.05, 4.69) is 136 Å². The van der Waals surface area contributed by atoms with Gasteiger partial charge in [-0.25, -0.2) is 4.98 Å². The standard InChI is InChI=1S/C35H35N7S/c1-5-24(3)37-31-16-18-33(28-12-8-6-10-26(28)31)42(4)34-19-17-32(27-11-7-9-13-29(27)34)40-38-25-14-15-30(23(2)22-25)39-41-35-36-20-21-43-35/h6-22,24,37-38,40H,5H2,1-4H3. The van der Waals surface area contributed by atoms with Crippen molar-refractivity contribution in [2.45, 2.75) is 33.2 Å². The lowest BCUT2D eigenvalue weighted by atomic mass is 10.0. The number of aryl methyl sites for hydroxylation is 1. The van der Waals surface area contributed by atoms with Gasteiger partial charge in [0.25, 0.3) is 0 Å². The Bertz CT molecular complexity index is 1900. The Labute approximate surface area is 256 Å². The molecule has 0 spiro atoms. The van der Waals surface area contributed by atoms with Crippen molar-refractivity contribution < 1.29 is 0 Å². The molecule has 8 heteroatoms. The average molecular weight is 586 g/mol. The molecule has 3 N–H and O–H groups in total. The Hall–Kier alpha value is -4.95. The Balaban J connectivity index is 1.26. The number of fused-ring (bicyclic) bond motifs is 2. The normalized spacial score (nSPS) is 12.1. The number of hydrogen-bond acceptors (Lipinski definition) is 8. The number of thiazole rings is 1. The van der Waals surface area contributed by atoms with Crippen LogP contribution in [0.2, 0.25) is 0 Å². The van der Waals surface area contributed by atoms with Gasteiger partial charge in [-0.2, -0.15) is 0 Å². The lowest BCUT2D eigenvalue weighted by Crippen LogP contribution is -2.15. The molecule has 6 rings (SSSR count). The fourth-order valence-electron chi connectivity index (χ4n) is 5.23. The molecule has 216 valence electrons. The van der Waals surface area contributed by atoms with Crippen LogP contribution < -0.4 is 21.1 Å². The molecule has 0 radical (unpaired) electrons. The van der Waals surface area contributed by atoms with Gasteiger partial charge in [-0.3, -0.25) is 0 Å². The van der Waals surface area contributed by atoms with Crippen LogP contribution in [0.15, 0.2) is 113 Å². The van der Waals surface area contributed by atoms with Crippen LogP contribution in [0.4, 0.5) is 39.3 Å². The quantitative estimate of drug-likeness (QED) is 0.110. The molecule has 0 saturated carbocycles. The smallest absolute Gasteiger partial charge is 0.229 e. The van der Waals surface area contributed by atoms with Gasteiger partial charge in [0.2, 0.25) is 5.13 Å². The van der Waals surface area contributed by atoms with E-state index >= 15 is 0 Å². The van der Waals surface area contributed by atoms with E-state index in [1.54, 1.807) is 6.20 Å². The molecule has 0 aliphatic heterocycles. The highest BCUT2D eigenvalue weighted by Gasteiger charge is 2.15. The zero-order chi connectivity index (χ0) is 29.8. The van der Waals surface area contributed by atoms with Gasteiger partial charge in [0, 0.05) is 63.3 Å². The molecule has 6 aromatic rings. The number of rotatable bonds is 10. The van der Waals surface area contributed by atoms with Gasteiger partial charge in [0.15, 0.2) is 0 Å². The van der Waals surface area contributed by atoms with Gasteiger partial charge >= 0.3 is 0 Å². The largest absolute Gasteiger partial charge is 0.382 e. The van der Waals surface area contributed by atoms with E-state index in [1.807, 2.05) is 24.4 Å². The summed E-state index contributed by atoms with van der Waals surface area (Å²) < 4.78 is 0. The van der Waals surface area contributed by atoms with Crippen LogP contribution in [0.25, 0.3) is 21.5 Å². The molecule has 43 heavy (non-hydrogen) atoms. The Kier molecular flexibility index (Phi) is 8.20. The molecule has 0 bridgehead atoms. The molecule has 5 aromatic carbocycles. The maximum Gasteiger partial charge on any atom is 0.229 e. The second-order valence-electron chi connectivity index (χ2n) is 10.6. The Morgan fingerprint density at radius 1 is 0.791 bits per heavy atom. The minimum Gasteiger partial charge on any atom is -0.382 e. The van der Waals surface area contributed by atoms with Gasteiger partial charge in [-0.15, -0.1) is 21.6 Å². The fraction of sp³-hybridized carbons (Fsp3) is 0.171. The molecule has 0 aliphatic rings. The van der Waals surface area contributed by atoms with Crippen molar-refractivity contribution in [1.29, 1.82) is 0 Å². The molecule has 1 heterocycles. The lowest BCUT2D eigenvalue weighted by molar-refractivity contribution is 0.765. The highest BCUT2D eigenvalue weighted by atomic mass is 32.1. The van der Waals surface area contributed by atoms with E-state index in [9.17, 15) is 0 Å². The number of anilines is 5. The number of azo groups is 1. The summed E-state index contributed by atoms with van der Waals surface area (Å²) in [6.45, 7) is 6.45. The van der Waals surface area contributed by atoms with Crippen molar-refractivity contribution in [3.05, 3.63) is 108 Å². The van der Waals surface area contributed by atoms with E-state index in [4.69, 9.17) is 0 Å². The van der Waals surface area contributed by atoms with Crippen LogP contribution in [-0.2, 0) is 0 Å². The highest BCUT2D eigenvalue weighted by Crippen LogP contribution is 2.39. The van der Waals surface area contributed by atoms with Crippen LogP contribution in [0, 0.1) is 6.92 Å². The van der Waals surface area contributed by atoms with Crippen LogP contribution in [-0.4, -0.2) is 18.1 Å². The summed E-state index contributed by atoms with van der Waals surface area (Å²) in [6, 6.07) is 32.3. The molecular weight excluding hydrogens is 551 g/mol. The second-order valence-corrected chi connectivity index (χ2v) is 11.5. The summed E-state index contributed by atoms with van der Waals surface area (Å²) in [5, 5.41) is 19.5. The molecular formula is C35H35N7S. The molecule has 7 nitrogen and oxygen atoms in total. The second kappa shape index (κ2) is 12.5. The van der Waals surface area contributed by atoms with Crippen LogP contribution in [0.5, 0.6) is 0 Å². The first kappa shape index (κ1) is 28.2. The van der Waals surface area contributed by atoms with E-state index in [1.165, 1.54) is 27.8 Å². The minimum absolute atomic E-state index is 0.408. The Morgan fingerprint density at radius 2 is 1.44 bits per heavy atom. The maximum absolute atomic E-state index is 4.36. The van der Waals surface area contributed by atoms with Crippen molar-refractivity contribution in [3.63, 3.8) is 0 Å². The third kappa shape index (κ3) is 6.01. The van der Waals surface area contributed by atoms with Crippen molar-refractivity contribution in [3.8, 4) is 0 Å². The topological polar surface area (TPSA) is 76.9 Å². The Morgan fingerprint density at radius 3 is 2.07 bits per heavy atom. The average Bonchev–Trinajstić information content (AvgIpc) is 3.57. The minimum atomic E-state index is 0.408. The molecule has 1 unspecified atom stereocenters. The highest BCUT2D eigenvalue weighted by molar-refractivity contribution is 7.13. The zero-order valence-corrected chi connectivity index (χ0v) is 25.6. The SMILES string of the molecule is CCC(C)Nc1ccc(N(C)c2ccc(NNc3ccc(N=Nc4nccs4)c(C)c3)c3ccccc23)c2ccccc12. The molecule has 1 atom stereocenters. The number of nitrogens with one attached hydrogen (secondary N) is 3. The third-order valence-corrected chi connectivity index (χ3v) is 8.40. The monoisotopic (exact) mass is 585 g/mol. The summed E-state index contributed by atoms with van der Waals surface area (Å²) in [5.74, 6) is 0. The number of aromatic nitrogens is 1. The summed E-state index contributed by atoms with van der Waals surface area (Å²) in [4.78, 5) is 6.45. The van der Waals surface area contributed by atoms with E-state index in [-0.39, 0.29) is 0 Å². The fourth-order valence-corrected chi connectivity index (χ4v) is 5.68. The number of nitrogens with zero attached hydrogens (tertiary/aromatic N) is 4. The predicted octanol–water partition coefficient (Wildman–Crippen LogP) is 10.6. The third-order valence-electron chi connectivity index (χ3n) is 7.74. The first-order valence-electron chi connectivity index (χ1n) is 14.5.